The number of hydrogen-bond acceptors (Lipinski definition) is 3. The number of aliphatic carboxylic acids is 1. The summed E-state index contributed by atoms with van der Waals surface area (Å²) < 4.78 is 4.42. The summed E-state index contributed by atoms with van der Waals surface area (Å²) in [5, 5.41) is 8.83. The molecule has 1 saturated carbocycles. The van der Waals surface area contributed by atoms with Crippen molar-refractivity contribution < 1.29 is 19.4 Å². The normalized spacial score (nSPS) is 28.8. The first-order valence-electron chi connectivity index (χ1n) is 4.40. The van der Waals surface area contributed by atoms with Crippen LogP contribution >= 0.6 is 0 Å². The SMILES string of the molecule is COC(=O)/C=C/[C@H]1[C@@H](C(=O)O)C1(C)C. The Bertz CT molecular complexity index is 290. The highest BCUT2D eigenvalue weighted by molar-refractivity contribution is 5.82. The summed E-state index contributed by atoms with van der Waals surface area (Å²) in [6, 6.07) is 0. The van der Waals surface area contributed by atoms with Crippen LogP contribution in [0.2, 0.25) is 0 Å². The van der Waals surface area contributed by atoms with Gasteiger partial charge in [0, 0.05) is 6.08 Å². The Hall–Kier alpha value is -1.32. The van der Waals surface area contributed by atoms with Gasteiger partial charge in [0.05, 0.1) is 13.0 Å². The van der Waals surface area contributed by atoms with E-state index in [4.69, 9.17) is 5.11 Å². The average Bonchev–Trinajstić information content (AvgIpc) is 2.64. The molecule has 4 heteroatoms. The highest BCUT2D eigenvalue weighted by Crippen LogP contribution is 2.58. The third-order valence-corrected chi connectivity index (χ3v) is 2.82. The fourth-order valence-corrected chi connectivity index (χ4v) is 1.76. The van der Waals surface area contributed by atoms with Gasteiger partial charge in [0.15, 0.2) is 0 Å². The number of methoxy groups -OCH3 is 1. The van der Waals surface area contributed by atoms with E-state index in [1.54, 1.807) is 6.08 Å². The molecule has 14 heavy (non-hydrogen) atoms. The molecule has 78 valence electrons. The predicted octanol–water partition coefficient (Wildman–Crippen LogP) is 1.07. The number of rotatable bonds is 3. The number of ether oxygens (including phenoxy) is 1. The molecule has 4 nitrogen and oxygen atoms in total. The molecule has 0 radical (unpaired) electrons. The first kappa shape index (κ1) is 10.8. The Labute approximate surface area is 82.6 Å². The smallest absolute Gasteiger partial charge is 0.330 e. The van der Waals surface area contributed by atoms with Gasteiger partial charge >= 0.3 is 11.9 Å². The first-order chi connectivity index (χ1) is 6.41. The molecule has 2 atom stereocenters. The lowest BCUT2D eigenvalue weighted by Gasteiger charge is -1.96. The number of carbonyl (C=O) groups excluding carboxylic acids is 1. The minimum Gasteiger partial charge on any atom is -0.481 e. The molecule has 0 aromatic carbocycles. The largest absolute Gasteiger partial charge is 0.481 e. The van der Waals surface area contributed by atoms with Crippen molar-refractivity contribution in [2.45, 2.75) is 13.8 Å². The zero-order valence-electron chi connectivity index (χ0n) is 8.48. The van der Waals surface area contributed by atoms with Crippen molar-refractivity contribution in [3.05, 3.63) is 12.2 Å². The van der Waals surface area contributed by atoms with Gasteiger partial charge in [0.25, 0.3) is 0 Å². The van der Waals surface area contributed by atoms with E-state index in [1.165, 1.54) is 13.2 Å². The molecule has 1 rings (SSSR count). The molecule has 0 saturated heterocycles. The molecule has 0 bridgehead atoms. The maximum absolute atomic E-state index is 10.8. The molecule has 0 aromatic rings. The van der Waals surface area contributed by atoms with E-state index in [0.29, 0.717) is 0 Å². The Morgan fingerprint density at radius 2 is 2.00 bits per heavy atom. The van der Waals surface area contributed by atoms with Gasteiger partial charge < -0.3 is 9.84 Å². The molecular weight excluding hydrogens is 184 g/mol. The molecule has 1 N–H and O–H groups in total. The summed E-state index contributed by atoms with van der Waals surface area (Å²) in [6.45, 7) is 3.75. The molecule has 1 aliphatic carbocycles. The zero-order valence-corrected chi connectivity index (χ0v) is 8.48. The lowest BCUT2D eigenvalue weighted by atomic mass is 10.1. The topological polar surface area (TPSA) is 63.6 Å². The van der Waals surface area contributed by atoms with E-state index in [2.05, 4.69) is 4.74 Å². The van der Waals surface area contributed by atoms with Crippen molar-refractivity contribution in [1.29, 1.82) is 0 Å². The van der Waals surface area contributed by atoms with Crippen molar-refractivity contribution in [3.8, 4) is 0 Å². The second-order valence-corrected chi connectivity index (χ2v) is 4.05. The van der Waals surface area contributed by atoms with Crippen LogP contribution in [0.4, 0.5) is 0 Å². The minimum atomic E-state index is -0.811. The molecule has 1 fully saturated rings. The summed E-state index contributed by atoms with van der Waals surface area (Å²) >= 11 is 0. The van der Waals surface area contributed by atoms with Crippen LogP contribution < -0.4 is 0 Å². The Morgan fingerprint density at radius 3 is 2.36 bits per heavy atom. The monoisotopic (exact) mass is 198 g/mol. The lowest BCUT2D eigenvalue weighted by Crippen LogP contribution is -2.03. The number of carboxylic acids is 1. The first-order valence-corrected chi connectivity index (χ1v) is 4.40. The molecule has 1 aliphatic rings. The second-order valence-electron chi connectivity index (χ2n) is 4.05. The molecule has 0 unspecified atom stereocenters. The van der Waals surface area contributed by atoms with Crippen LogP contribution in [0.5, 0.6) is 0 Å². The van der Waals surface area contributed by atoms with Gasteiger partial charge in [0.2, 0.25) is 0 Å². The summed E-state index contributed by atoms with van der Waals surface area (Å²) in [5.41, 5.74) is -0.254. The maximum atomic E-state index is 10.8. The van der Waals surface area contributed by atoms with Crippen LogP contribution in [0, 0.1) is 17.3 Å². The number of carboxylic acid groups (broad SMARTS) is 1. The molecular formula is C10H14O4. The number of esters is 1. The van der Waals surface area contributed by atoms with Crippen molar-refractivity contribution in [3.63, 3.8) is 0 Å². The standard InChI is InChI=1S/C10H14O4/c1-10(2)6(8(10)9(12)13)4-5-7(11)14-3/h4-6,8H,1-3H3,(H,12,13)/b5-4+/t6-,8-/m0/s1. The number of carbonyl (C=O) groups is 2. The number of allylic oxidation sites excluding steroid dienone is 1. The average molecular weight is 198 g/mol. The van der Waals surface area contributed by atoms with E-state index in [-0.39, 0.29) is 17.3 Å². The van der Waals surface area contributed by atoms with Gasteiger partial charge in [-0.1, -0.05) is 19.9 Å². The highest BCUT2D eigenvalue weighted by Gasteiger charge is 2.60. The van der Waals surface area contributed by atoms with Crippen molar-refractivity contribution in [1.82, 2.24) is 0 Å². The van der Waals surface area contributed by atoms with Crippen LogP contribution in [-0.2, 0) is 14.3 Å². The van der Waals surface area contributed by atoms with Crippen LogP contribution in [0.1, 0.15) is 13.8 Å². The maximum Gasteiger partial charge on any atom is 0.330 e. The molecule has 0 aromatic heterocycles. The summed E-state index contributed by atoms with van der Waals surface area (Å²) in [5.74, 6) is -1.71. The van der Waals surface area contributed by atoms with Gasteiger partial charge in [-0.15, -0.1) is 0 Å². The highest BCUT2D eigenvalue weighted by atomic mass is 16.5. The third-order valence-electron chi connectivity index (χ3n) is 2.82. The zero-order chi connectivity index (χ0) is 10.9. The van der Waals surface area contributed by atoms with Gasteiger partial charge in [0.1, 0.15) is 0 Å². The van der Waals surface area contributed by atoms with Crippen LogP contribution in [0.15, 0.2) is 12.2 Å². The molecule has 0 amide bonds. The quantitative estimate of drug-likeness (QED) is 0.544. The van der Waals surface area contributed by atoms with Crippen LogP contribution in [0.3, 0.4) is 0 Å². The fraction of sp³-hybridized carbons (Fsp3) is 0.600. The van der Waals surface area contributed by atoms with Gasteiger partial charge in [-0.3, -0.25) is 4.79 Å². The molecule has 0 heterocycles. The van der Waals surface area contributed by atoms with Crippen LogP contribution in [0.25, 0.3) is 0 Å². The van der Waals surface area contributed by atoms with E-state index in [9.17, 15) is 9.59 Å². The van der Waals surface area contributed by atoms with E-state index >= 15 is 0 Å². The van der Waals surface area contributed by atoms with Crippen LogP contribution in [-0.4, -0.2) is 24.2 Å². The summed E-state index contributed by atoms with van der Waals surface area (Å²) in [7, 11) is 1.29. The Morgan fingerprint density at radius 1 is 1.43 bits per heavy atom. The minimum absolute atomic E-state index is 0.0703. The Balaban J connectivity index is 2.61. The van der Waals surface area contributed by atoms with Gasteiger partial charge in [-0.2, -0.15) is 0 Å². The van der Waals surface area contributed by atoms with Crippen molar-refractivity contribution in [2.24, 2.45) is 17.3 Å². The van der Waals surface area contributed by atoms with Crippen molar-refractivity contribution >= 4 is 11.9 Å². The lowest BCUT2D eigenvalue weighted by molar-refractivity contribution is -0.139. The van der Waals surface area contributed by atoms with Gasteiger partial charge in [-0.05, 0) is 11.3 Å². The molecule has 0 spiro atoms. The fourth-order valence-electron chi connectivity index (χ4n) is 1.76. The third kappa shape index (κ3) is 1.78. The van der Waals surface area contributed by atoms with E-state index < -0.39 is 11.9 Å². The second kappa shape index (κ2) is 3.44. The van der Waals surface area contributed by atoms with Gasteiger partial charge in [-0.25, -0.2) is 4.79 Å². The summed E-state index contributed by atoms with van der Waals surface area (Å²) in [4.78, 5) is 21.5. The summed E-state index contributed by atoms with van der Waals surface area (Å²) in [6.07, 6.45) is 2.90. The number of hydrogen-bond donors (Lipinski definition) is 1. The van der Waals surface area contributed by atoms with E-state index in [0.717, 1.165) is 0 Å². The molecule has 0 aliphatic heterocycles. The van der Waals surface area contributed by atoms with E-state index in [1.807, 2.05) is 13.8 Å². The van der Waals surface area contributed by atoms with Crippen molar-refractivity contribution in [2.75, 3.05) is 7.11 Å². The Kier molecular flexibility index (Phi) is 2.64. The predicted molar refractivity (Wildman–Crippen MR) is 49.6 cm³/mol.